The Kier molecular flexibility index (Phi) is 5.67. The van der Waals surface area contributed by atoms with Crippen LogP contribution in [0.4, 0.5) is 5.69 Å². The maximum atomic E-state index is 13.1. The topological polar surface area (TPSA) is 66.5 Å². The van der Waals surface area contributed by atoms with Crippen molar-refractivity contribution < 1.29 is 14.4 Å². The Hall–Kier alpha value is -3.73. The molecule has 1 N–H and O–H groups in total. The summed E-state index contributed by atoms with van der Waals surface area (Å²) in [5.74, 6) is -0.336. The Bertz CT molecular complexity index is 1150. The summed E-state index contributed by atoms with van der Waals surface area (Å²) in [6.07, 6.45) is 0.118. The number of hydrogen-bond acceptors (Lipinski definition) is 3. The summed E-state index contributed by atoms with van der Waals surface area (Å²) < 4.78 is 0. The molecule has 1 heterocycles. The van der Waals surface area contributed by atoms with E-state index in [9.17, 15) is 14.4 Å². The predicted octanol–water partition coefficient (Wildman–Crippen LogP) is 4.92. The van der Waals surface area contributed by atoms with Gasteiger partial charge in [0.05, 0.1) is 12.5 Å². The first kappa shape index (κ1) is 20.5. The number of hydrogen-bond donors (Lipinski definition) is 1. The van der Waals surface area contributed by atoms with E-state index < -0.39 is 6.04 Å². The molecule has 1 atom stereocenters. The Morgan fingerprint density at radius 1 is 1.00 bits per heavy atom. The molecule has 1 aliphatic rings. The van der Waals surface area contributed by atoms with Crippen molar-refractivity contribution in [1.29, 1.82) is 0 Å². The van der Waals surface area contributed by atoms with E-state index in [1.807, 2.05) is 55.5 Å². The van der Waals surface area contributed by atoms with E-state index in [0.717, 1.165) is 16.7 Å². The molecule has 0 saturated carbocycles. The third kappa shape index (κ3) is 4.40. The first-order chi connectivity index (χ1) is 14.9. The van der Waals surface area contributed by atoms with E-state index in [1.165, 1.54) is 6.92 Å². The van der Waals surface area contributed by atoms with Crippen LogP contribution in [0.25, 0.3) is 0 Å². The molecule has 0 aromatic heterocycles. The highest BCUT2D eigenvalue weighted by atomic mass is 16.2. The number of nitrogens with one attached hydrogen (secondary N) is 1. The quantitative estimate of drug-likeness (QED) is 0.584. The average molecular weight is 412 g/mol. The number of aryl methyl sites for hydroxylation is 1. The predicted molar refractivity (Wildman–Crippen MR) is 120 cm³/mol. The Balaban J connectivity index is 1.59. The van der Waals surface area contributed by atoms with Crippen molar-refractivity contribution in [3.8, 4) is 0 Å². The molecule has 0 fully saturated rings. The number of ketones is 1. The number of carbonyl (C=O) groups is 3. The summed E-state index contributed by atoms with van der Waals surface area (Å²) in [5, 5.41) is 2.88. The first-order valence-electron chi connectivity index (χ1n) is 10.3. The highest BCUT2D eigenvalue weighted by molar-refractivity contribution is 6.00. The third-order valence-corrected chi connectivity index (χ3v) is 5.62. The lowest BCUT2D eigenvalue weighted by Gasteiger charge is -2.28. The minimum Gasteiger partial charge on any atom is -0.327 e. The monoisotopic (exact) mass is 412 g/mol. The third-order valence-electron chi connectivity index (χ3n) is 5.62. The molecule has 31 heavy (non-hydrogen) atoms. The largest absolute Gasteiger partial charge is 0.327 e. The molecule has 4 rings (SSSR count). The van der Waals surface area contributed by atoms with E-state index in [2.05, 4.69) is 5.32 Å². The van der Waals surface area contributed by atoms with Gasteiger partial charge in [-0.05, 0) is 43.2 Å². The molecule has 0 saturated heterocycles. The van der Waals surface area contributed by atoms with Crippen molar-refractivity contribution in [3.05, 3.63) is 101 Å². The van der Waals surface area contributed by atoms with Crippen LogP contribution in [-0.2, 0) is 11.3 Å². The van der Waals surface area contributed by atoms with Crippen molar-refractivity contribution in [1.82, 2.24) is 4.90 Å². The summed E-state index contributed by atoms with van der Waals surface area (Å²) in [6.45, 7) is 3.97. The molecule has 3 aromatic carbocycles. The van der Waals surface area contributed by atoms with Crippen molar-refractivity contribution in [2.45, 2.75) is 32.9 Å². The molecule has 0 spiro atoms. The van der Waals surface area contributed by atoms with Crippen LogP contribution in [0.1, 0.15) is 56.8 Å². The number of amides is 2. The zero-order chi connectivity index (χ0) is 22.0. The van der Waals surface area contributed by atoms with Gasteiger partial charge < -0.3 is 10.2 Å². The highest BCUT2D eigenvalue weighted by Crippen LogP contribution is 2.33. The zero-order valence-corrected chi connectivity index (χ0v) is 17.6. The molecule has 0 radical (unpaired) electrons. The van der Waals surface area contributed by atoms with Crippen molar-refractivity contribution in [2.24, 2.45) is 0 Å². The molecule has 3 aromatic rings. The molecule has 1 aliphatic heterocycles. The van der Waals surface area contributed by atoms with E-state index in [1.54, 1.807) is 29.2 Å². The number of nitrogens with zero attached hydrogens (tertiary/aromatic N) is 1. The van der Waals surface area contributed by atoms with Crippen LogP contribution in [0.2, 0.25) is 0 Å². The summed E-state index contributed by atoms with van der Waals surface area (Å²) in [7, 11) is 0. The van der Waals surface area contributed by atoms with Gasteiger partial charge in [-0.3, -0.25) is 14.4 Å². The zero-order valence-electron chi connectivity index (χ0n) is 17.6. The minimum atomic E-state index is -0.392. The van der Waals surface area contributed by atoms with Gasteiger partial charge in [0, 0.05) is 23.4 Å². The Morgan fingerprint density at radius 3 is 2.45 bits per heavy atom. The van der Waals surface area contributed by atoms with Crippen LogP contribution < -0.4 is 5.32 Å². The Labute approximate surface area is 181 Å². The number of benzene rings is 3. The van der Waals surface area contributed by atoms with Crippen molar-refractivity contribution in [3.63, 3.8) is 0 Å². The lowest BCUT2D eigenvalue weighted by atomic mass is 10.00. The van der Waals surface area contributed by atoms with Crippen LogP contribution in [-0.4, -0.2) is 22.5 Å². The summed E-state index contributed by atoms with van der Waals surface area (Å²) >= 11 is 0. The standard InChI is InChI=1S/C26H24N2O3/c1-17-10-12-19(13-11-17)24(28-16-21-6-3-4-9-23(21)26(28)31)15-25(30)27-22-8-5-7-20(14-22)18(2)29/h3-14,24H,15-16H2,1-2H3,(H,27,30)/t24-/m0/s1. The van der Waals surface area contributed by atoms with Gasteiger partial charge in [-0.1, -0.05) is 60.2 Å². The average Bonchev–Trinajstić information content (AvgIpc) is 3.09. The van der Waals surface area contributed by atoms with Gasteiger partial charge in [-0.15, -0.1) is 0 Å². The number of Topliss-reactive ketones (excluding diaryl/α,β-unsaturated/α-hetero) is 1. The number of fused-ring (bicyclic) bond motifs is 1. The number of rotatable bonds is 6. The van der Waals surface area contributed by atoms with Crippen LogP contribution in [0, 0.1) is 6.92 Å². The van der Waals surface area contributed by atoms with E-state index in [4.69, 9.17) is 0 Å². The summed E-state index contributed by atoms with van der Waals surface area (Å²) in [5.41, 5.74) is 4.80. The number of anilines is 1. The van der Waals surface area contributed by atoms with E-state index in [-0.39, 0.29) is 24.0 Å². The molecule has 0 aliphatic carbocycles. The second-order valence-corrected chi connectivity index (χ2v) is 7.91. The number of carbonyl (C=O) groups excluding carboxylic acids is 3. The van der Waals surface area contributed by atoms with Crippen LogP contribution >= 0.6 is 0 Å². The summed E-state index contributed by atoms with van der Waals surface area (Å²) in [4.78, 5) is 39.4. The van der Waals surface area contributed by atoms with Gasteiger partial charge >= 0.3 is 0 Å². The fourth-order valence-electron chi connectivity index (χ4n) is 3.93. The van der Waals surface area contributed by atoms with Crippen LogP contribution in [0.15, 0.2) is 72.8 Å². The van der Waals surface area contributed by atoms with Crippen LogP contribution in [0.5, 0.6) is 0 Å². The SMILES string of the molecule is CC(=O)c1cccc(NC(=O)C[C@@H](c2ccc(C)cc2)N2Cc3ccccc3C2=O)c1. The van der Waals surface area contributed by atoms with Crippen LogP contribution in [0.3, 0.4) is 0 Å². The van der Waals surface area contributed by atoms with Gasteiger partial charge in [0.2, 0.25) is 5.91 Å². The normalized spacial score (nSPS) is 13.6. The minimum absolute atomic E-state index is 0.0611. The first-order valence-corrected chi connectivity index (χ1v) is 10.3. The van der Waals surface area contributed by atoms with Gasteiger partial charge in [0.1, 0.15) is 0 Å². The molecule has 0 bridgehead atoms. The molecule has 5 nitrogen and oxygen atoms in total. The van der Waals surface area contributed by atoms with Gasteiger partial charge in [-0.25, -0.2) is 0 Å². The molecular formula is C26H24N2O3. The van der Waals surface area contributed by atoms with Gasteiger partial charge in [-0.2, -0.15) is 0 Å². The van der Waals surface area contributed by atoms with Gasteiger partial charge in [0.15, 0.2) is 5.78 Å². The summed E-state index contributed by atoms with van der Waals surface area (Å²) in [6, 6.07) is 22.0. The van der Waals surface area contributed by atoms with Crippen molar-refractivity contribution >= 4 is 23.3 Å². The lowest BCUT2D eigenvalue weighted by Crippen LogP contribution is -2.32. The smallest absolute Gasteiger partial charge is 0.255 e. The molecule has 0 unspecified atom stereocenters. The van der Waals surface area contributed by atoms with E-state index >= 15 is 0 Å². The van der Waals surface area contributed by atoms with Crippen molar-refractivity contribution in [2.75, 3.05) is 5.32 Å². The molecular weight excluding hydrogens is 388 g/mol. The second-order valence-electron chi connectivity index (χ2n) is 7.91. The Morgan fingerprint density at radius 2 is 1.74 bits per heavy atom. The molecule has 2 amide bonds. The lowest BCUT2D eigenvalue weighted by molar-refractivity contribution is -0.117. The molecule has 156 valence electrons. The maximum Gasteiger partial charge on any atom is 0.255 e. The van der Waals surface area contributed by atoms with Gasteiger partial charge in [0.25, 0.3) is 5.91 Å². The fourth-order valence-corrected chi connectivity index (χ4v) is 3.93. The molecule has 5 heteroatoms. The van der Waals surface area contributed by atoms with E-state index in [0.29, 0.717) is 23.4 Å². The second kappa shape index (κ2) is 8.56. The highest BCUT2D eigenvalue weighted by Gasteiger charge is 2.34. The maximum absolute atomic E-state index is 13.1. The fraction of sp³-hybridized carbons (Fsp3) is 0.192.